The lowest BCUT2D eigenvalue weighted by molar-refractivity contribution is 0.0954. The number of hydrogen-bond acceptors (Lipinski definition) is 5. The standard InChI is InChI=1S/C19H16N4O2S/c20-11-14-5-1-2-6-15(14)13-26-10-8-21-18(24)16-12-22-17-7-3-4-9-23(17)19(16)25/h1-7,9,12H,8,10,13H2,(H,21,24). The smallest absolute Gasteiger partial charge is 0.270 e. The first kappa shape index (κ1) is 17.7. The van der Waals surface area contributed by atoms with E-state index >= 15 is 0 Å². The summed E-state index contributed by atoms with van der Waals surface area (Å²) in [4.78, 5) is 28.7. The molecule has 1 aromatic carbocycles. The normalized spacial score (nSPS) is 10.4. The fourth-order valence-electron chi connectivity index (χ4n) is 2.45. The van der Waals surface area contributed by atoms with E-state index < -0.39 is 5.91 Å². The quantitative estimate of drug-likeness (QED) is 0.678. The highest BCUT2D eigenvalue weighted by Gasteiger charge is 2.12. The summed E-state index contributed by atoms with van der Waals surface area (Å²) in [5.41, 5.74) is 1.78. The van der Waals surface area contributed by atoms with Gasteiger partial charge in [0.25, 0.3) is 11.5 Å². The zero-order chi connectivity index (χ0) is 18.4. The predicted octanol–water partition coefficient (Wildman–Crippen LogP) is 2.23. The van der Waals surface area contributed by atoms with Crippen LogP contribution >= 0.6 is 11.8 Å². The van der Waals surface area contributed by atoms with E-state index in [4.69, 9.17) is 5.26 Å². The third-order valence-electron chi connectivity index (χ3n) is 3.79. The molecule has 1 N–H and O–H groups in total. The van der Waals surface area contributed by atoms with Crippen LogP contribution in [0.1, 0.15) is 21.5 Å². The molecule has 0 fully saturated rings. The minimum Gasteiger partial charge on any atom is -0.351 e. The Labute approximate surface area is 154 Å². The Morgan fingerprint density at radius 3 is 2.88 bits per heavy atom. The summed E-state index contributed by atoms with van der Waals surface area (Å²) >= 11 is 1.62. The number of carbonyl (C=O) groups excluding carboxylic acids is 1. The Morgan fingerprint density at radius 1 is 1.23 bits per heavy atom. The van der Waals surface area contributed by atoms with Crippen LogP contribution in [-0.2, 0) is 5.75 Å². The average Bonchev–Trinajstić information content (AvgIpc) is 2.68. The number of nitrogens with one attached hydrogen (secondary N) is 1. The van der Waals surface area contributed by atoms with Gasteiger partial charge in [0.05, 0.1) is 11.6 Å². The summed E-state index contributed by atoms with van der Waals surface area (Å²) in [6, 6.07) is 14.8. The maximum Gasteiger partial charge on any atom is 0.270 e. The van der Waals surface area contributed by atoms with E-state index in [1.807, 2.05) is 18.2 Å². The first-order valence-corrected chi connectivity index (χ1v) is 9.16. The molecule has 7 heteroatoms. The number of amides is 1. The van der Waals surface area contributed by atoms with E-state index in [-0.39, 0.29) is 11.1 Å². The Bertz CT molecular complexity index is 1040. The van der Waals surface area contributed by atoms with Crippen LogP contribution in [0.15, 0.2) is 59.7 Å². The van der Waals surface area contributed by atoms with E-state index in [1.165, 1.54) is 10.6 Å². The van der Waals surface area contributed by atoms with E-state index in [0.717, 1.165) is 5.56 Å². The highest BCUT2D eigenvalue weighted by Crippen LogP contribution is 2.15. The van der Waals surface area contributed by atoms with Crippen molar-refractivity contribution in [1.29, 1.82) is 5.26 Å². The van der Waals surface area contributed by atoms with Crippen LogP contribution in [0.5, 0.6) is 0 Å². The number of carbonyl (C=O) groups is 1. The van der Waals surface area contributed by atoms with Crippen molar-refractivity contribution in [1.82, 2.24) is 14.7 Å². The molecule has 3 rings (SSSR count). The Kier molecular flexibility index (Phi) is 5.66. The van der Waals surface area contributed by atoms with E-state index in [9.17, 15) is 9.59 Å². The lowest BCUT2D eigenvalue weighted by Crippen LogP contribution is -2.32. The first-order chi connectivity index (χ1) is 12.7. The molecule has 2 aromatic heterocycles. The van der Waals surface area contributed by atoms with Crippen LogP contribution in [0.4, 0.5) is 0 Å². The van der Waals surface area contributed by atoms with Crippen molar-refractivity contribution in [2.24, 2.45) is 0 Å². The SMILES string of the molecule is N#Cc1ccccc1CSCCNC(=O)c1cnc2ccccn2c1=O. The van der Waals surface area contributed by atoms with Gasteiger partial charge in [0.1, 0.15) is 11.2 Å². The van der Waals surface area contributed by atoms with Crippen molar-refractivity contribution in [2.45, 2.75) is 5.75 Å². The van der Waals surface area contributed by atoms with Gasteiger partial charge in [-0.15, -0.1) is 0 Å². The number of benzene rings is 1. The number of pyridine rings is 1. The zero-order valence-corrected chi connectivity index (χ0v) is 14.7. The highest BCUT2D eigenvalue weighted by atomic mass is 32.2. The summed E-state index contributed by atoms with van der Waals surface area (Å²) in [5, 5.41) is 11.8. The minimum absolute atomic E-state index is 0.0218. The number of thioether (sulfide) groups is 1. The topological polar surface area (TPSA) is 87.3 Å². The van der Waals surface area contributed by atoms with E-state index in [1.54, 1.807) is 42.2 Å². The van der Waals surface area contributed by atoms with Crippen molar-refractivity contribution in [3.63, 3.8) is 0 Å². The second-order valence-corrected chi connectivity index (χ2v) is 6.59. The molecule has 0 aliphatic carbocycles. The fourth-order valence-corrected chi connectivity index (χ4v) is 3.31. The van der Waals surface area contributed by atoms with Crippen molar-refractivity contribution < 1.29 is 4.79 Å². The van der Waals surface area contributed by atoms with Gasteiger partial charge in [0.2, 0.25) is 0 Å². The molecular weight excluding hydrogens is 348 g/mol. The lowest BCUT2D eigenvalue weighted by atomic mass is 10.1. The van der Waals surface area contributed by atoms with Crippen LogP contribution in [-0.4, -0.2) is 27.6 Å². The largest absolute Gasteiger partial charge is 0.351 e. The maximum atomic E-state index is 12.3. The number of rotatable bonds is 6. The summed E-state index contributed by atoms with van der Waals surface area (Å²) in [7, 11) is 0. The van der Waals surface area contributed by atoms with Crippen LogP contribution < -0.4 is 10.9 Å². The van der Waals surface area contributed by atoms with E-state index in [2.05, 4.69) is 16.4 Å². The van der Waals surface area contributed by atoms with Gasteiger partial charge in [-0.2, -0.15) is 17.0 Å². The Morgan fingerprint density at radius 2 is 2.04 bits per heavy atom. The van der Waals surface area contributed by atoms with Crippen LogP contribution in [0, 0.1) is 11.3 Å². The maximum absolute atomic E-state index is 12.3. The molecule has 2 heterocycles. The van der Waals surface area contributed by atoms with Gasteiger partial charge < -0.3 is 5.32 Å². The first-order valence-electron chi connectivity index (χ1n) is 8.01. The molecule has 0 saturated heterocycles. The van der Waals surface area contributed by atoms with Gasteiger partial charge in [-0.05, 0) is 23.8 Å². The van der Waals surface area contributed by atoms with Crippen molar-refractivity contribution in [2.75, 3.05) is 12.3 Å². The van der Waals surface area contributed by atoms with Crippen LogP contribution in [0.2, 0.25) is 0 Å². The molecule has 0 bridgehead atoms. The molecule has 0 spiro atoms. The summed E-state index contributed by atoms with van der Waals surface area (Å²) in [6.45, 7) is 0.426. The molecule has 130 valence electrons. The van der Waals surface area contributed by atoms with Gasteiger partial charge in [-0.25, -0.2) is 4.98 Å². The molecule has 6 nitrogen and oxygen atoms in total. The van der Waals surface area contributed by atoms with Crippen LogP contribution in [0.25, 0.3) is 5.65 Å². The monoisotopic (exact) mass is 364 g/mol. The number of nitrogens with zero attached hydrogens (tertiary/aromatic N) is 3. The van der Waals surface area contributed by atoms with Gasteiger partial charge in [-0.3, -0.25) is 14.0 Å². The minimum atomic E-state index is -0.432. The molecule has 0 aliphatic heterocycles. The zero-order valence-electron chi connectivity index (χ0n) is 13.9. The Balaban J connectivity index is 1.54. The lowest BCUT2D eigenvalue weighted by Gasteiger charge is -2.07. The molecule has 0 unspecified atom stereocenters. The van der Waals surface area contributed by atoms with E-state index in [0.29, 0.717) is 29.3 Å². The summed E-state index contributed by atoms with van der Waals surface area (Å²) in [6.07, 6.45) is 2.90. The van der Waals surface area contributed by atoms with Crippen molar-refractivity contribution in [3.05, 3.63) is 81.9 Å². The van der Waals surface area contributed by atoms with Crippen molar-refractivity contribution in [3.8, 4) is 6.07 Å². The second-order valence-electron chi connectivity index (χ2n) is 5.48. The van der Waals surface area contributed by atoms with Crippen LogP contribution in [0.3, 0.4) is 0 Å². The predicted molar refractivity (Wildman–Crippen MR) is 101 cm³/mol. The van der Waals surface area contributed by atoms with Gasteiger partial charge in [-0.1, -0.05) is 24.3 Å². The third kappa shape index (κ3) is 3.92. The Hall–Kier alpha value is -3.11. The van der Waals surface area contributed by atoms with Gasteiger partial charge >= 0.3 is 0 Å². The van der Waals surface area contributed by atoms with Gasteiger partial charge in [0.15, 0.2) is 0 Å². The highest BCUT2D eigenvalue weighted by molar-refractivity contribution is 7.98. The molecule has 3 aromatic rings. The average molecular weight is 364 g/mol. The summed E-state index contributed by atoms with van der Waals surface area (Å²) < 4.78 is 1.35. The molecule has 0 atom stereocenters. The number of nitriles is 1. The number of hydrogen-bond donors (Lipinski definition) is 1. The molecule has 0 saturated carbocycles. The van der Waals surface area contributed by atoms with Crippen molar-refractivity contribution >= 4 is 23.3 Å². The molecular formula is C19H16N4O2S. The van der Waals surface area contributed by atoms with Gasteiger partial charge in [0, 0.05) is 30.4 Å². The number of fused-ring (bicyclic) bond motifs is 1. The molecule has 0 aliphatic rings. The molecule has 1 amide bonds. The molecule has 0 radical (unpaired) electrons. The fraction of sp³-hybridized carbons (Fsp3) is 0.158. The third-order valence-corrected chi connectivity index (χ3v) is 4.79. The second kappa shape index (κ2) is 8.32. The summed E-state index contributed by atoms with van der Waals surface area (Å²) in [5.74, 6) is 0.937. The molecule has 26 heavy (non-hydrogen) atoms. The number of aromatic nitrogens is 2.